The number of ether oxygens (including phenoxy) is 1. The molecule has 0 radical (unpaired) electrons. The summed E-state index contributed by atoms with van der Waals surface area (Å²) in [5.41, 5.74) is 4.24. The zero-order chi connectivity index (χ0) is 20.2. The van der Waals surface area contributed by atoms with E-state index in [1.54, 1.807) is 30.4 Å². The number of benzene rings is 2. The van der Waals surface area contributed by atoms with Crippen LogP contribution in [0.25, 0.3) is 16.9 Å². The predicted molar refractivity (Wildman–Crippen MR) is 116 cm³/mol. The largest absolute Gasteiger partial charge is 0.497 e. The Hall–Kier alpha value is -3.38. The van der Waals surface area contributed by atoms with Crippen LogP contribution >= 0.6 is 11.3 Å². The Labute approximate surface area is 173 Å². The molecule has 6 heteroatoms. The number of carbonyl (C=O) groups excluding carboxylic acids is 1. The van der Waals surface area contributed by atoms with Gasteiger partial charge >= 0.3 is 0 Å². The van der Waals surface area contributed by atoms with Gasteiger partial charge in [-0.15, -0.1) is 0 Å². The Bertz CT molecular complexity index is 1090. The highest BCUT2D eigenvalue weighted by Crippen LogP contribution is 2.26. The van der Waals surface area contributed by atoms with Crippen LogP contribution in [0.1, 0.15) is 16.1 Å². The quantitative estimate of drug-likeness (QED) is 0.461. The van der Waals surface area contributed by atoms with Crippen molar-refractivity contribution >= 4 is 17.2 Å². The average Bonchev–Trinajstić information content (AvgIpc) is 3.44. The van der Waals surface area contributed by atoms with Crippen molar-refractivity contribution in [3.05, 3.63) is 88.7 Å². The van der Waals surface area contributed by atoms with Gasteiger partial charge < -0.3 is 9.64 Å². The van der Waals surface area contributed by atoms with Crippen molar-refractivity contribution < 1.29 is 9.53 Å². The summed E-state index contributed by atoms with van der Waals surface area (Å²) >= 11 is 1.63. The molecule has 0 aliphatic rings. The highest BCUT2D eigenvalue weighted by atomic mass is 32.1. The molecule has 0 N–H and O–H groups in total. The van der Waals surface area contributed by atoms with Gasteiger partial charge in [-0.2, -0.15) is 16.4 Å². The van der Waals surface area contributed by atoms with E-state index in [1.807, 2.05) is 76.8 Å². The van der Waals surface area contributed by atoms with E-state index in [0.29, 0.717) is 12.2 Å². The third-order valence-electron chi connectivity index (χ3n) is 4.66. The highest BCUT2D eigenvalue weighted by Gasteiger charge is 2.20. The van der Waals surface area contributed by atoms with Gasteiger partial charge in [-0.05, 0) is 64.9 Å². The Kier molecular flexibility index (Phi) is 5.44. The lowest BCUT2D eigenvalue weighted by Gasteiger charge is -2.14. The van der Waals surface area contributed by atoms with Crippen LogP contribution in [0.4, 0.5) is 0 Å². The SMILES string of the molecule is COc1ccc(-c2cc(C(=O)N(C)Cc3ccsc3)nn2-c2ccccc2)cc1. The van der Waals surface area contributed by atoms with Crippen LogP contribution in [-0.2, 0) is 6.54 Å². The van der Waals surface area contributed by atoms with Crippen molar-refractivity contribution in [2.45, 2.75) is 6.54 Å². The summed E-state index contributed by atoms with van der Waals surface area (Å²) in [6.07, 6.45) is 0. The lowest BCUT2D eigenvalue weighted by atomic mass is 10.1. The molecule has 2 aromatic carbocycles. The smallest absolute Gasteiger partial charge is 0.274 e. The number of rotatable bonds is 6. The van der Waals surface area contributed by atoms with Gasteiger partial charge in [-0.25, -0.2) is 4.68 Å². The first-order valence-electron chi connectivity index (χ1n) is 9.22. The monoisotopic (exact) mass is 403 g/mol. The summed E-state index contributed by atoms with van der Waals surface area (Å²) in [5.74, 6) is 0.673. The number of thiophene rings is 1. The van der Waals surface area contributed by atoms with Gasteiger partial charge in [0.05, 0.1) is 18.5 Å². The van der Waals surface area contributed by atoms with E-state index in [4.69, 9.17) is 4.74 Å². The maximum absolute atomic E-state index is 13.0. The molecule has 0 aliphatic carbocycles. The zero-order valence-corrected chi connectivity index (χ0v) is 17.1. The molecule has 146 valence electrons. The fourth-order valence-corrected chi connectivity index (χ4v) is 3.80. The molecule has 2 heterocycles. The topological polar surface area (TPSA) is 47.4 Å². The second-order valence-corrected chi connectivity index (χ2v) is 7.46. The van der Waals surface area contributed by atoms with E-state index in [0.717, 1.165) is 28.3 Å². The molecule has 0 saturated carbocycles. The molecule has 4 aromatic rings. The van der Waals surface area contributed by atoms with E-state index < -0.39 is 0 Å². The number of para-hydroxylation sites is 1. The van der Waals surface area contributed by atoms with Crippen molar-refractivity contribution in [3.63, 3.8) is 0 Å². The van der Waals surface area contributed by atoms with Gasteiger partial charge in [-0.3, -0.25) is 4.79 Å². The zero-order valence-electron chi connectivity index (χ0n) is 16.3. The minimum Gasteiger partial charge on any atom is -0.497 e. The van der Waals surface area contributed by atoms with Crippen LogP contribution < -0.4 is 4.74 Å². The molecule has 0 fully saturated rings. The lowest BCUT2D eigenvalue weighted by Crippen LogP contribution is -2.26. The molecule has 1 amide bonds. The summed E-state index contributed by atoms with van der Waals surface area (Å²) in [6, 6.07) is 21.5. The Morgan fingerprint density at radius 1 is 1.10 bits per heavy atom. The molecular weight excluding hydrogens is 382 g/mol. The van der Waals surface area contributed by atoms with Gasteiger partial charge in [0.15, 0.2) is 5.69 Å². The van der Waals surface area contributed by atoms with Crippen molar-refractivity contribution in [3.8, 4) is 22.7 Å². The van der Waals surface area contributed by atoms with Gasteiger partial charge in [0.1, 0.15) is 5.75 Å². The van der Waals surface area contributed by atoms with Crippen LogP contribution in [-0.4, -0.2) is 34.7 Å². The minimum atomic E-state index is -0.111. The molecule has 2 aromatic heterocycles. The molecule has 5 nitrogen and oxygen atoms in total. The van der Waals surface area contributed by atoms with E-state index in [1.165, 1.54) is 0 Å². The number of methoxy groups -OCH3 is 1. The minimum absolute atomic E-state index is 0.111. The summed E-state index contributed by atoms with van der Waals surface area (Å²) in [4.78, 5) is 14.7. The predicted octanol–water partition coefficient (Wildman–Crippen LogP) is 4.88. The standard InChI is InChI=1S/C23H21N3O2S/c1-25(15-17-12-13-29-16-17)23(27)21-14-22(18-8-10-20(28-2)11-9-18)26(24-21)19-6-4-3-5-7-19/h3-14,16H,15H2,1-2H3. The number of carbonyl (C=O) groups is 1. The molecule has 0 saturated heterocycles. The first kappa shape index (κ1) is 19.0. The molecule has 29 heavy (non-hydrogen) atoms. The normalized spacial score (nSPS) is 10.7. The second kappa shape index (κ2) is 8.32. The maximum atomic E-state index is 13.0. The van der Waals surface area contributed by atoms with E-state index in [2.05, 4.69) is 10.5 Å². The number of hydrogen-bond donors (Lipinski definition) is 0. The number of nitrogens with zero attached hydrogens (tertiary/aromatic N) is 3. The molecule has 0 unspecified atom stereocenters. The van der Waals surface area contributed by atoms with E-state index in [-0.39, 0.29) is 5.91 Å². The van der Waals surface area contributed by atoms with Gasteiger partial charge in [0.2, 0.25) is 0 Å². The summed E-state index contributed by atoms with van der Waals surface area (Å²) < 4.78 is 7.08. The van der Waals surface area contributed by atoms with Crippen LogP contribution in [0, 0.1) is 0 Å². The summed E-state index contributed by atoms with van der Waals surface area (Å²) in [7, 11) is 3.44. The molecule has 0 aliphatic heterocycles. The van der Waals surface area contributed by atoms with Crippen LogP contribution in [0.2, 0.25) is 0 Å². The highest BCUT2D eigenvalue weighted by molar-refractivity contribution is 7.07. The second-order valence-electron chi connectivity index (χ2n) is 6.68. The average molecular weight is 404 g/mol. The Balaban J connectivity index is 1.71. The third-order valence-corrected chi connectivity index (χ3v) is 5.39. The lowest BCUT2D eigenvalue weighted by molar-refractivity contribution is 0.0779. The van der Waals surface area contributed by atoms with Gasteiger partial charge in [-0.1, -0.05) is 18.2 Å². The first-order chi connectivity index (χ1) is 14.2. The fraction of sp³-hybridized carbons (Fsp3) is 0.130. The molecule has 0 spiro atoms. The van der Waals surface area contributed by atoms with Crippen molar-refractivity contribution in [2.24, 2.45) is 0 Å². The summed E-state index contributed by atoms with van der Waals surface area (Å²) in [5, 5.41) is 8.71. The first-order valence-corrected chi connectivity index (χ1v) is 10.2. The van der Waals surface area contributed by atoms with Crippen LogP contribution in [0.15, 0.2) is 77.5 Å². The van der Waals surface area contributed by atoms with Gasteiger partial charge in [0, 0.05) is 19.2 Å². The van der Waals surface area contributed by atoms with E-state index >= 15 is 0 Å². The van der Waals surface area contributed by atoms with Crippen molar-refractivity contribution in [2.75, 3.05) is 14.2 Å². The molecule has 0 atom stereocenters. The number of hydrogen-bond acceptors (Lipinski definition) is 4. The van der Waals surface area contributed by atoms with Crippen molar-refractivity contribution in [1.29, 1.82) is 0 Å². The summed E-state index contributed by atoms with van der Waals surface area (Å²) in [6.45, 7) is 0.554. The van der Waals surface area contributed by atoms with E-state index in [9.17, 15) is 4.79 Å². The van der Waals surface area contributed by atoms with Gasteiger partial charge in [0.25, 0.3) is 5.91 Å². The van der Waals surface area contributed by atoms with Crippen LogP contribution in [0.3, 0.4) is 0 Å². The number of aromatic nitrogens is 2. The molecule has 0 bridgehead atoms. The van der Waals surface area contributed by atoms with Crippen molar-refractivity contribution in [1.82, 2.24) is 14.7 Å². The Morgan fingerprint density at radius 3 is 2.52 bits per heavy atom. The maximum Gasteiger partial charge on any atom is 0.274 e. The van der Waals surface area contributed by atoms with Crippen LogP contribution in [0.5, 0.6) is 5.75 Å². The molecule has 4 rings (SSSR count). The molecular formula is C23H21N3O2S. The Morgan fingerprint density at radius 2 is 1.86 bits per heavy atom. The number of amides is 1. The third kappa shape index (κ3) is 4.07. The fourth-order valence-electron chi connectivity index (χ4n) is 3.14.